The van der Waals surface area contributed by atoms with Crippen molar-refractivity contribution in [2.24, 2.45) is 17.1 Å². The highest BCUT2D eigenvalue weighted by Gasteiger charge is 2.35. The first-order valence-corrected chi connectivity index (χ1v) is 7.30. The van der Waals surface area contributed by atoms with Gasteiger partial charge in [-0.2, -0.15) is 0 Å². The summed E-state index contributed by atoms with van der Waals surface area (Å²) in [6, 6.07) is 1.85. The third-order valence-corrected chi connectivity index (χ3v) is 4.25. The van der Waals surface area contributed by atoms with E-state index >= 15 is 0 Å². The van der Waals surface area contributed by atoms with Crippen molar-refractivity contribution in [1.29, 1.82) is 0 Å². The molecule has 1 aliphatic rings. The molecule has 0 radical (unpaired) electrons. The number of ether oxygens (including phenoxy) is 1. The summed E-state index contributed by atoms with van der Waals surface area (Å²) in [5, 5.41) is 0. The Morgan fingerprint density at radius 3 is 2.70 bits per heavy atom. The normalized spacial score (nSPS) is 22.4. The summed E-state index contributed by atoms with van der Waals surface area (Å²) in [7, 11) is 1.45. The van der Waals surface area contributed by atoms with E-state index in [0.29, 0.717) is 0 Å². The Balaban J connectivity index is 2.47. The number of esters is 1. The lowest BCUT2D eigenvalue weighted by molar-refractivity contribution is -0.146. The Kier molecular flexibility index (Phi) is 3.96. The molecule has 1 heterocycles. The van der Waals surface area contributed by atoms with Crippen molar-refractivity contribution < 1.29 is 9.53 Å². The van der Waals surface area contributed by atoms with E-state index in [4.69, 9.17) is 10.5 Å². The fourth-order valence-electron chi connectivity index (χ4n) is 3.35. The van der Waals surface area contributed by atoms with Crippen molar-refractivity contribution in [1.82, 2.24) is 4.57 Å². The first-order valence-electron chi connectivity index (χ1n) is 7.30. The molecule has 0 aliphatic heterocycles. The van der Waals surface area contributed by atoms with Gasteiger partial charge in [0.15, 0.2) is 0 Å². The fourth-order valence-corrected chi connectivity index (χ4v) is 3.35. The number of carbonyl (C=O) groups is 1. The lowest BCUT2D eigenvalue weighted by atomic mass is 9.74. The molecule has 2 unspecified atom stereocenters. The van der Waals surface area contributed by atoms with Gasteiger partial charge in [-0.05, 0) is 35.8 Å². The van der Waals surface area contributed by atoms with Crippen molar-refractivity contribution in [3.63, 3.8) is 0 Å². The van der Waals surface area contributed by atoms with Gasteiger partial charge >= 0.3 is 5.97 Å². The molecular weight excluding hydrogens is 252 g/mol. The van der Waals surface area contributed by atoms with Crippen LogP contribution in [0.3, 0.4) is 0 Å². The largest absolute Gasteiger partial charge is 0.467 e. The van der Waals surface area contributed by atoms with Gasteiger partial charge in [0.2, 0.25) is 0 Å². The molecule has 0 fully saturated rings. The predicted molar refractivity (Wildman–Crippen MR) is 79.4 cm³/mol. The number of rotatable bonds is 3. The molecule has 0 saturated carbocycles. The van der Waals surface area contributed by atoms with Gasteiger partial charge < -0.3 is 15.0 Å². The Morgan fingerprint density at radius 1 is 1.50 bits per heavy atom. The SMILES string of the molecule is COC(=O)C(C(C)C)n1ccc2c1CC(C)(C)CC2N. The highest BCUT2D eigenvalue weighted by Crippen LogP contribution is 2.41. The van der Waals surface area contributed by atoms with Gasteiger partial charge in [0.1, 0.15) is 6.04 Å². The molecule has 112 valence electrons. The number of aromatic nitrogens is 1. The Hall–Kier alpha value is -1.29. The molecule has 2 rings (SSSR count). The highest BCUT2D eigenvalue weighted by atomic mass is 16.5. The van der Waals surface area contributed by atoms with Crippen molar-refractivity contribution in [2.75, 3.05) is 7.11 Å². The third-order valence-electron chi connectivity index (χ3n) is 4.25. The van der Waals surface area contributed by atoms with E-state index in [2.05, 4.69) is 24.5 Å². The number of methoxy groups -OCH3 is 1. The van der Waals surface area contributed by atoms with Gasteiger partial charge in [0.25, 0.3) is 0 Å². The number of fused-ring (bicyclic) bond motifs is 1. The van der Waals surface area contributed by atoms with Crippen LogP contribution in [0, 0.1) is 11.3 Å². The summed E-state index contributed by atoms with van der Waals surface area (Å²) in [6.07, 6.45) is 3.92. The molecule has 0 amide bonds. The minimum Gasteiger partial charge on any atom is -0.467 e. The average molecular weight is 278 g/mol. The molecule has 2 atom stereocenters. The first kappa shape index (κ1) is 15.1. The summed E-state index contributed by atoms with van der Waals surface area (Å²) in [6.45, 7) is 8.55. The number of hydrogen-bond donors (Lipinski definition) is 1. The number of carbonyl (C=O) groups excluding carboxylic acids is 1. The van der Waals surface area contributed by atoms with Gasteiger partial charge in [-0.25, -0.2) is 4.79 Å². The predicted octanol–water partition coefficient (Wildman–Crippen LogP) is 2.83. The zero-order valence-electron chi connectivity index (χ0n) is 13.1. The van der Waals surface area contributed by atoms with Gasteiger partial charge in [0, 0.05) is 17.9 Å². The second kappa shape index (κ2) is 5.24. The zero-order chi connectivity index (χ0) is 15.1. The fraction of sp³-hybridized carbons (Fsp3) is 0.688. The highest BCUT2D eigenvalue weighted by molar-refractivity contribution is 5.74. The molecule has 0 spiro atoms. The van der Waals surface area contributed by atoms with E-state index in [-0.39, 0.29) is 29.4 Å². The van der Waals surface area contributed by atoms with Crippen molar-refractivity contribution >= 4 is 5.97 Å². The summed E-state index contributed by atoms with van der Waals surface area (Å²) < 4.78 is 7.05. The van der Waals surface area contributed by atoms with Gasteiger partial charge in [-0.1, -0.05) is 27.7 Å². The van der Waals surface area contributed by atoms with Crippen LogP contribution in [0.15, 0.2) is 12.3 Å². The first-order chi connectivity index (χ1) is 9.26. The molecule has 2 N–H and O–H groups in total. The summed E-state index contributed by atoms with van der Waals surface area (Å²) in [5.74, 6) is -0.00411. The van der Waals surface area contributed by atoms with Crippen LogP contribution in [-0.4, -0.2) is 17.6 Å². The Morgan fingerprint density at radius 2 is 2.15 bits per heavy atom. The Bertz CT molecular complexity index is 503. The molecular formula is C16H26N2O2. The van der Waals surface area contributed by atoms with Crippen LogP contribution in [0.2, 0.25) is 0 Å². The van der Waals surface area contributed by atoms with Crippen LogP contribution in [0.25, 0.3) is 0 Å². The molecule has 0 bridgehead atoms. The quantitative estimate of drug-likeness (QED) is 0.865. The van der Waals surface area contributed by atoms with Gasteiger partial charge in [-0.3, -0.25) is 0 Å². The second-order valence-electron chi connectivity index (χ2n) is 6.99. The van der Waals surface area contributed by atoms with Crippen LogP contribution in [-0.2, 0) is 16.0 Å². The summed E-state index contributed by atoms with van der Waals surface area (Å²) in [4.78, 5) is 12.1. The average Bonchev–Trinajstić information content (AvgIpc) is 2.71. The smallest absolute Gasteiger partial charge is 0.329 e. The molecule has 1 aromatic rings. The van der Waals surface area contributed by atoms with Crippen LogP contribution in [0.1, 0.15) is 57.5 Å². The van der Waals surface area contributed by atoms with Crippen molar-refractivity contribution in [2.45, 2.75) is 52.6 Å². The monoisotopic (exact) mass is 278 g/mol. The maximum atomic E-state index is 12.1. The zero-order valence-corrected chi connectivity index (χ0v) is 13.1. The van der Waals surface area contributed by atoms with E-state index in [9.17, 15) is 4.79 Å². The van der Waals surface area contributed by atoms with E-state index in [0.717, 1.165) is 12.8 Å². The van der Waals surface area contributed by atoms with E-state index in [1.165, 1.54) is 18.4 Å². The van der Waals surface area contributed by atoms with Crippen LogP contribution < -0.4 is 5.73 Å². The molecule has 0 aromatic carbocycles. The van der Waals surface area contributed by atoms with Crippen LogP contribution in [0.5, 0.6) is 0 Å². The van der Waals surface area contributed by atoms with Crippen molar-refractivity contribution in [3.8, 4) is 0 Å². The topological polar surface area (TPSA) is 57.2 Å². The van der Waals surface area contributed by atoms with E-state index in [1.54, 1.807) is 0 Å². The van der Waals surface area contributed by atoms with Gasteiger partial charge in [-0.15, -0.1) is 0 Å². The molecule has 0 saturated heterocycles. The van der Waals surface area contributed by atoms with Crippen molar-refractivity contribution in [3.05, 3.63) is 23.5 Å². The third kappa shape index (κ3) is 2.62. The molecule has 1 aromatic heterocycles. The number of nitrogens with two attached hydrogens (primary N) is 1. The summed E-state index contributed by atoms with van der Waals surface area (Å²) >= 11 is 0. The van der Waals surface area contributed by atoms with Crippen LogP contribution in [0.4, 0.5) is 0 Å². The van der Waals surface area contributed by atoms with Crippen LogP contribution >= 0.6 is 0 Å². The van der Waals surface area contributed by atoms with E-state index < -0.39 is 0 Å². The lowest BCUT2D eigenvalue weighted by Crippen LogP contribution is -2.33. The minimum absolute atomic E-state index is 0.0560. The maximum absolute atomic E-state index is 12.1. The molecule has 1 aliphatic carbocycles. The summed E-state index contributed by atoms with van der Waals surface area (Å²) in [5.41, 5.74) is 8.83. The molecule has 4 heteroatoms. The molecule has 20 heavy (non-hydrogen) atoms. The maximum Gasteiger partial charge on any atom is 0.329 e. The number of nitrogens with zero attached hydrogens (tertiary/aromatic N) is 1. The second-order valence-corrected chi connectivity index (χ2v) is 6.99. The molecule has 4 nitrogen and oxygen atoms in total. The van der Waals surface area contributed by atoms with Gasteiger partial charge in [0.05, 0.1) is 7.11 Å². The van der Waals surface area contributed by atoms with E-state index in [1.807, 2.05) is 20.0 Å². The minimum atomic E-state index is -0.273. The lowest BCUT2D eigenvalue weighted by Gasteiger charge is -2.36. The standard InChI is InChI=1S/C16H26N2O2/c1-10(2)14(15(19)20-5)18-7-6-11-12(17)8-16(3,4)9-13(11)18/h6-7,10,12,14H,8-9,17H2,1-5H3. The Labute approximate surface area is 121 Å². The number of hydrogen-bond acceptors (Lipinski definition) is 3.